The van der Waals surface area contributed by atoms with Gasteiger partial charge in [0.2, 0.25) is 0 Å². The van der Waals surface area contributed by atoms with Crippen molar-refractivity contribution >= 4 is 17.6 Å². The molecule has 25 heavy (non-hydrogen) atoms. The maximum Gasteiger partial charge on any atom is 0.251 e. The molecule has 6 nitrogen and oxygen atoms in total. The van der Waals surface area contributed by atoms with E-state index in [1.54, 1.807) is 38.3 Å². The number of hydrogen-bond donors (Lipinski definition) is 3. The van der Waals surface area contributed by atoms with Crippen LogP contribution in [0.25, 0.3) is 0 Å². The molecule has 0 heterocycles. The summed E-state index contributed by atoms with van der Waals surface area (Å²) in [6.45, 7) is 2.23. The molecule has 0 saturated heterocycles. The predicted molar refractivity (Wildman–Crippen MR) is 96.6 cm³/mol. The SMILES string of the molecule is COc1ccc(NC(N)=NCCNC(=O)c2ccc(C)c(F)c2)cc1. The van der Waals surface area contributed by atoms with Crippen LogP contribution in [-0.2, 0) is 0 Å². The standard InChI is InChI=1S/C18H21FN4O2/c1-12-3-4-13(11-16(12)19)17(24)21-9-10-22-18(20)23-14-5-7-15(25-2)8-6-14/h3-8,11H,9-10H2,1-2H3,(H,21,24)(H3,20,22,23). The molecule has 0 aromatic heterocycles. The second-order valence-electron chi connectivity index (χ2n) is 5.34. The number of aliphatic imine (C=N–C) groups is 1. The molecule has 0 atom stereocenters. The van der Waals surface area contributed by atoms with E-state index in [1.807, 2.05) is 12.1 Å². The summed E-state index contributed by atoms with van der Waals surface area (Å²) in [5.41, 5.74) is 7.34. The van der Waals surface area contributed by atoms with Gasteiger partial charge in [0.15, 0.2) is 5.96 Å². The Morgan fingerprint density at radius 2 is 1.96 bits per heavy atom. The molecular formula is C18H21FN4O2. The molecule has 1 amide bonds. The molecule has 0 saturated carbocycles. The van der Waals surface area contributed by atoms with Gasteiger partial charge in [-0.3, -0.25) is 9.79 Å². The number of carbonyl (C=O) groups excluding carboxylic acids is 1. The minimum absolute atomic E-state index is 0.237. The Kier molecular flexibility index (Phi) is 6.33. The van der Waals surface area contributed by atoms with Crippen LogP contribution in [-0.4, -0.2) is 32.1 Å². The molecule has 2 aromatic rings. The van der Waals surface area contributed by atoms with Crippen LogP contribution in [0.4, 0.5) is 10.1 Å². The summed E-state index contributed by atoms with van der Waals surface area (Å²) in [6, 6.07) is 11.6. The van der Waals surface area contributed by atoms with Gasteiger partial charge in [0.1, 0.15) is 11.6 Å². The van der Waals surface area contributed by atoms with Crippen LogP contribution in [0.15, 0.2) is 47.5 Å². The molecule has 0 aliphatic heterocycles. The first-order valence-electron chi connectivity index (χ1n) is 7.75. The number of anilines is 1. The first-order chi connectivity index (χ1) is 12.0. The number of carbonyl (C=O) groups is 1. The average molecular weight is 344 g/mol. The first kappa shape index (κ1) is 18.3. The summed E-state index contributed by atoms with van der Waals surface area (Å²) in [6.07, 6.45) is 0. The van der Waals surface area contributed by atoms with Crippen LogP contribution >= 0.6 is 0 Å². The number of ether oxygens (including phenoxy) is 1. The molecule has 2 rings (SSSR count). The van der Waals surface area contributed by atoms with Crippen LogP contribution in [0.5, 0.6) is 5.75 Å². The van der Waals surface area contributed by atoms with E-state index in [4.69, 9.17) is 10.5 Å². The van der Waals surface area contributed by atoms with Gasteiger partial charge >= 0.3 is 0 Å². The molecule has 7 heteroatoms. The summed E-state index contributed by atoms with van der Waals surface area (Å²) in [7, 11) is 1.59. The van der Waals surface area contributed by atoms with Crippen LogP contribution in [0.1, 0.15) is 15.9 Å². The Labute approximate surface area is 145 Å². The monoisotopic (exact) mass is 344 g/mol. The number of nitrogens with one attached hydrogen (secondary N) is 2. The van der Waals surface area contributed by atoms with Crippen molar-refractivity contribution in [3.05, 3.63) is 59.4 Å². The van der Waals surface area contributed by atoms with Crippen molar-refractivity contribution in [1.29, 1.82) is 0 Å². The smallest absolute Gasteiger partial charge is 0.251 e. The lowest BCUT2D eigenvalue weighted by Crippen LogP contribution is -2.28. The van der Waals surface area contributed by atoms with Crippen LogP contribution in [0.3, 0.4) is 0 Å². The number of nitrogens with zero attached hydrogens (tertiary/aromatic N) is 1. The molecule has 2 aromatic carbocycles. The number of rotatable bonds is 6. The number of halogens is 1. The maximum atomic E-state index is 13.5. The molecule has 0 aliphatic rings. The van der Waals surface area contributed by atoms with Gasteiger partial charge in [-0.05, 0) is 48.9 Å². The number of nitrogens with two attached hydrogens (primary N) is 1. The van der Waals surface area contributed by atoms with Gasteiger partial charge in [0, 0.05) is 17.8 Å². The zero-order valence-electron chi connectivity index (χ0n) is 14.2. The largest absolute Gasteiger partial charge is 0.497 e. The van der Waals surface area contributed by atoms with Crippen molar-refractivity contribution in [3.63, 3.8) is 0 Å². The van der Waals surface area contributed by atoms with Crippen LogP contribution in [0.2, 0.25) is 0 Å². The highest BCUT2D eigenvalue weighted by Crippen LogP contribution is 2.14. The average Bonchev–Trinajstić information content (AvgIpc) is 2.61. The van der Waals surface area contributed by atoms with E-state index < -0.39 is 5.82 Å². The zero-order chi connectivity index (χ0) is 18.2. The van der Waals surface area contributed by atoms with Gasteiger partial charge in [-0.15, -0.1) is 0 Å². The van der Waals surface area contributed by atoms with E-state index in [-0.39, 0.29) is 17.4 Å². The summed E-state index contributed by atoms with van der Waals surface area (Å²) >= 11 is 0. The van der Waals surface area contributed by atoms with Gasteiger partial charge in [-0.2, -0.15) is 0 Å². The molecule has 0 aliphatic carbocycles. The van der Waals surface area contributed by atoms with Gasteiger partial charge in [0.25, 0.3) is 5.91 Å². The van der Waals surface area contributed by atoms with Gasteiger partial charge in [-0.1, -0.05) is 6.07 Å². The van der Waals surface area contributed by atoms with Crippen molar-refractivity contribution in [2.24, 2.45) is 10.7 Å². The van der Waals surface area contributed by atoms with Crippen LogP contribution in [0, 0.1) is 12.7 Å². The number of hydrogen-bond acceptors (Lipinski definition) is 3. The van der Waals surface area contributed by atoms with E-state index in [0.717, 1.165) is 11.4 Å². The van der Waals surface area contributed by atoms with E-state index >= 15 is 0 Å². The summed E-state index contributed by atoms with van der Waals surface area (Å²) < 4.78 is 18.5. The highest BCUT2D eigenvalue weighted by Gasteiger charge is 2.07. The quantitative estimate of drug-likeness (QED) is 0.426. The third-order valence-corrected chi connectivity index (χ3v) is 3.48. The third-order valence-electron chi connectivity index (χ3n) is 3.48. The fourth-order valence-corrected chi connectivity index (χ4v) is 2.04. The first-order valence-corrected chi connectivity index (χ1v) is 7.75. The minimum atomic E-state index is -0.404. The number of benzene rings is 2. The lowest BCUT2D eigenvalue weighted by atomic mass is 10.1. The van der Waals surface area contributed by atoms with Gasteiger partial charge < -0.3 is 21.1 Å². The van der Waals surface area contributed by atoms with Crippen LogP contribution < -0.4 is 21.1 Å². The predicted octanol–water partition coefficient (Wildman–Crippen LogP) is 2.30. The Morgan fingerprint density at radius 3 is 2.60 bits per heavy atom. The lowest BCUT2D eigenvalue weighted by Gasteiger charge is -2.07. The van der Waals surface area contributed by atoms with E-state index in [0.29, 0.717) is 18.7 Å². The Morgan fingerprint density at radius 1 is 1.24 bits per heavy atom. The molecule has 0 fully saturated rings. The third kappa shape index (κ3) is 5.49. The van der Waals surface area contributed by atoms with Crippen molar-refractivity contribution in [2.45, 2.75) is 6.92 Å². The van der Waals surface area contributed by atoms with Crippen molar-refractivity contribution < 1.29 is 13.9 Å². The number of methoxy groups -OCH3 is 1. The highest BCUT2D eigenvalue weighted by molar-refractivity contribution is 5.94. The van der Waals surface area contributed by atoms with E-state index in [1.165, 1.54) is 6.07 Å². The fourth-order valence-electron chi connectivity index (χ4n) is 2.04. The van der Waals surface area contributed by atoms with E-state index in [2.05, 4.69) is 15.6 Å². The van der Waals surface area contributed by atoms with Gasteiger partial charge in [-0.25, -0.2) is 4.39 Å². The summed E-state index contributed by atoms with van der Waals surface area (Å²) in [4.78, 5) is 16.0. The Hall–Kier alpha value is -3.09. The molecule has 0 unspecified atom stereocenters. The summed E-state index contributed by atoms with van der Waals surface area (Å²) in [5, 5.41) is 5.60. The van der Waals surface area contributed by atoms with Crippen molar-refractivity contribution in [3.8, 4) is 5.75 Å². The normalized spacial score (nSPS) is 11.1. The maximum absolute atomic E-state index is 13.5. The minimum Gasteiger partial charge on any atom is -0.497 e. The van der Waals surface area contributed by atoms with E-state index in [9.17, 15) is 9.18 Å². The fraction of sp³-hybridized carbons (Fsp3) is 0.222. The molecule has 4 N–H and O–H groups in total. The molecule has 0 bridgehead atoms. The lowest BCUT2D eigenvalue weighted by molar-refractivity contribution is 0.0954. The van der Waals surface area contributed by atoms with Crippen molar-refractivity contribution in [2.75, 3.05) is 25.5 Å². The van der Waals surface area contributed by atoms with Crippen molar-refractivity contribution in [1.82, 2.24) is 5.32 Å². The topological polar surface area (TPSA) is 88.7 Å². The zero-order valence-corrected chi connectivity index (χ0v) is 14.2. The van der Waals surface area contributed by atoms with Gasteiger partial charge in [0.05, 0.1) is 13.7 Å². The molecular weight excluding hydrogens is 323 g/mol. The molecule has 0 radical (unpaired) electrons. The number of aryl methyl sites for hydroxylation is 1. The number of amides is 1. The molecule has 0 spiro atoms. The number of guanidine groups is 1. The summed E-state index contributed by atoms with van der Waals surface area (Å²) in [5.74, 6) is 0.228. The second-order valence-corrected chi connectivity index (χ2v) is 5.34. The molecule has 132 valence electrons. The second kappa shape index (κ2) is 8.68. The Bertz CT molecular complexity index is 760. The Balaban J connectivity index is 1.79. The highest BCUT2D eigenvalue weighted by atomic mass is 19.1.